The monoisotopic (exact) mass is 272 g/mol. The molecule has 2 rings (SSSR count). The number of nitrogens with two attached hydrogens (primary N) is 1. The van der Waals surface area contributed by atoms with Crippen LogP contribution in [0.1, 0.15) is 35.9 Å². The molecule has 20 heavy (non-hydrogen) atoms. The van der Waals surface area contributed by atoms with Gasteiger partial charge < -0.3 is 15.0 Å². The Morgan fingerprint density at radius 3 is 2.30 bits per heavy atom. The second kappa shape index (κ2) is 5.41. The molecule has 0 bridgehead atoms. The molecule has 2 aromatic rings. The van der Waals surface area contributed by atoms with E-state index in [2.05, 4.69) is 18.4 Å². The van der Waals surface area contributed by atoms with Gasteiger partial charge in [-0.05, 0) is 56.7 Å². The third-order valence-corrected chi connectivity index (χ3v) is 3.46. The molecule has 4 heteroatoms. The van der Waals surface area contributed by atoms with Crippen LogP contribution < -0.4 is 10.5 Å². The molecule has 1 heterocycles. The van der Waals surface area contributed by atoms with Crippen molar-refractivity contribution in [2.24, 2.45) is 5.73 Å². The van der Waals surface area contributed by atoms with Crippen LogP contribution in [-0.2, 0) is 0 Å². The molecule has 0 radical (unpaired) electrons. The summed E-state index contributed by atoms with van der Waals surface area (Å²) in [5, 5.41) is 0. The lowest BCUT2D eigenvalue weighted by molar-refractivity contribution is 0.0999. The lowest BCUT2D eigenvalue weighted by atomic mass is 10.1. The van der Waals surface area contributed by atoms with E-state index >= 15 is 0 Å². The molecule has 0 aliphatic carbocycles. The van der Waals surface area contributed by atoms with Crippen molar-refractivity contribution in [3.8, 4) is 17.0 Å². The highest BCUT2D eigenvalue weighted by Crippen LogP contribution is 2.30. The normalized spacial score (nSPS) is 10.8. The minimum Gasteiger partial charge on any atom is -0.497 e. The van der Waals surface area contributed by atoms with Gasteiger partial charge in [0.05, 0.1) is 12.7 Å². The molecule has 0 saturated carbocycles. The lowest BCUT2D eigenvalue weighted by Gasteiger charge is -2.16. The molecule has 4 nitrogen and oxygen atoms in total. The molecule has 1 aromatic carbocycles. The van der Waals surface area contributed by atoms with E-state index in [0.717, 1.165) is 22.7 Å². The van der Waals surface area contributed by atoms with Gasteiger partial charge in [0.25, 0.3) is 5.91 Å². The number of primary amides is 1. The zero-order valence-corrected chi connectivity index (χ0v) is 12.3. The highest BCUT2D eigenvalue weighted by molar-refractivity contribution is 5.95. The quantitative estimate of drug-likeness (QED) is 0.929. The van der Waals surface area contributed by atoms with Gasteiger partial charge in [-0.2, -0.15) is 0 Å². The Labute approximate surface area is 119 Å². The van der Waals surface area contributed by atoms with E-state index in [9.17, 15) is 4.79 Å². The van der Waals surface area contributed by atoms with E-state index in [4.69, 9.17) is 10.5 Å². The molecule has 0 spiro atoms. The Kier molecular flexibility index (Phi) is 3.84. The minimum absolute atomic E-state index is 0.250. The summed E-state index contributed by atoms with van der Waals surface area (Å²) in [6, 6.07) is 9.90. The minimum atomic E-state index is -0.392. The molecule has 0 atom stereocenters. The fourth-order valence-electron chi connectivity index (χ4n) is 2.52. The Morgan fingerprint density at radius 2 is 1.85 bits per heavy atom. The van der Waals surface area contributed by atoms with Gasteiger partial charge in [-0.3, -0.25) is 4.79 Å². The third-order valence-electron chi connectivity index (χ3n) is 3.46. The summed E-state index contributed by atoms with van der Waals surface area (Å²) in [5.74, 6) is 0.417. The number of amides is 1. The number of nitrogens with zero attached hydrogens (tertiary/aromatic N) is 1. The number of hydrogen-bond donors (Lipinski definition) is 1. The molecule has 106 valence electrons. The van der Waals surface area contributed by atoms with Crippen molar-refractivity contribution in [3.63, 3.8) is 0 Å². The van der Waals surface area contributed by atoms with Crippen LogP contribution in [0.3, 0.4) is 0 Å². The van der Waals surface area contributed by atoms with E-state index in [-0.39, 0.29) is 6.04 Å². The number of ether oxygens (including phenoxy) is 1. The third kappa shape index (κ3) is 2.41. The number of carbonyl (C=O) groups is 1. The summed E-state index contributed by atoms with van der Waals surface area (Å²) in [7, 11) is 1.64. The standard InChI is InChI=1S/C16H20N2O2/c1-10(2)18-11(3)14(16(17)19)9-15(18)12-5-7-13(20-4)8-6-12/h5-10H,1-4H3,(H2,17,19). The van der Waals surface area contributed by atoms with Gasteiger partial charge in [-0.25, -0.2) is 0 Å². The van der Waals surface area contributed by atoms with E-state index in [1.807, 2.05) is 37.3 Å². The van der Waals surface area contributed by atoms with Crippen LogP contribution in [0.5, 0.6) is 5.75 Å². The molecule has 1 aromatic heterocycles. The second-order valence-electron chi connectivity index (χ2n) is 5.09. The zero-order chi connectivity index (χ0) is 14.9. The van der Waals surface area contributed by atoms with Crippen LogP contribution in [0, 0.1) is 6.92 Å². The smallest absolute Gasteiger partial charge is 0.250 e. The summed E-state index contributed by atoms with van der Waals surface area (Å²) < 4.78 is 7.30. The molecular formula is C16H20N2O2. The number of carbonyl (C=O) groups excluding carboxylic acids is 1. The van der Waals surface area contributed by atoms with Crippen molar-refractivity contribution in [2.45, 2.75) is 26.8 Å². The van der Waals surface area contributed by atoms with E-state index in [1.54, 1.807) is 7.11 Å². The predicted octanol–water partition coefficient (Wildman–Crippen LogP) is 3.15. The average molecular weight is 272 g/mol. The Hall–Kier alpha value is -2.23. The SMILES string of the molecule is COc1ccc(-c2cc(C(N)=O)c(C)n2C(C)C)cc1. The van der Waals surface area contributed by atoms with Crippen molar-refractivity contribution < 1.29 is 9.53 Å². The fourth-order valence-corrected chi connectivity index (χ4v) is 2.52. The van der Waals surface area contributed by atoms with Crippen LogP contribution in [0.2, 0.25) is 0 Å². The molecule has 0 aliphatic rings. The fraction of sp³-hybridized carbons (Fsp3) is 0.312. The van der Waals surface area contributed by atoms with E-state index < -0.39 is 5.91 Å². The maximum absolute atomic E-state index is 11.5. The zero-order valence-electron chi connectivity index (χ0n) is 12.3. The largest absolute Gasteiger partial charge is 0.497 e. The van der Waals surface area contributed by atoms with Crippen molar-refractivity contribution in [3.05, 3.63) is 41.6 Å². The first kappa shape index (κ1) is 14.2. The van der Waals surface area contributed by atoms with Gasteiger partial charge in [0.2, 0.25) is 0 Å². The number of methoxy groups -OCH3 is 1. The van der Waals surface area contributed by atoms with E-state index in [1.165, 1.54) is 0 Å². The highest BCUT2D eigenvalue weighted by Gasteiger charge is 2.18. The maximum Gasteiger partial charge on any atom is 0.250 e. The second-order valence-corrected chi connectivity index (χ2v) is 5.09. The van der Waals surface area contributed by atoms with Crippen LogP contribution in [-0.4, -0.2) is 17.6 Å². The molecule has 0 aliphatic heterocycles. The van der Waals surface area contributed by atoms with E-state index in [0.29, 0.717) is 5.56 Å². The Balaban J connectivity index is 2.59. The van der Waals surface area contributed by atoms with Crippen molar-refractivity contribution in [1.82, 2.24) is 4.57 Å². The first-order chi connectivity index (χ1) is 9.45. The summed E-state index contributed by atoms with van der Waals surface area (Å²) in [6.07, 6.45) is 0. The summed E-state index contributed by atoms with van der Waals surface area (Å²) in [5.41, 5.74) is 8.95. The predicted molar refractivity (Wildman–Crippen MR) is 80.1 cm³/mol. The van der Waals surface area contributed by atoms with Gasteiger partial charge in [0.1, 0.15) is 5.75 Å². The highest BCUT2D eigenvalue weighted by atomic mass is 16.5. The van der Waals surface area contributed by atoms with Crippen LogP contribution >= 0.6 is 0 Å². The molecule has 2 N–H and O–H groups in total. The van der Waals surface area contributed by atoms with Gasteiger partial charge in [-0.1, -0.05) is 0 Å². The summed E-state index contributed by atoms with van der Waals surface area (Å²) in [6.45, 7) is 6.10. The average Bonchev–Trinajstić information content (AvgIpc) is 2.76. The number of benzene rings is 1. The van der Waals surface area contributed by atoms with Gasteiger partial charge in [0, 0.05) is 17.4 Å². The van der Waals surface area contributed by atoms with Crippen LogP contribution in [0.25, 0.3) is 11.3 Å². The number of hydrogen-bond acceptors (Lipinski definition) is 2. The first-order valence-electron chi connectivity index (χ1n) is 6.61. The number of aromatic nitrogens is 1. The molecule has 1 amide bonds. The summed E-state index contributed by atoms with van der Waals surface area (Å²) in [4.78, 5) is 11.5. The molecule has 0 fully saturated rings. The number of rotatable bonds is 4. The van der Waals surface area contributed by atoms with Gasteiger partial charge in [0.15, 0.2) is 0 Å². The lowest BCUT2D eigenvalue weighted by Crippen LogP contribution is -2.13. The molecule has 0 unspecified atom stereocenters. The maximum atomic E-state index is 11.5. The van der Waals surface area contributed by atoms with Gasteiger partial charge >= 0.3 is 0 Å². The van der Waals surface area contributed by atoms with Crippen molar-refractivity contribution in [1.29, 1.82) is 0 Å². The van der Waals surface area contributed by atoms with Crippen LogP contribution in [0.15, 0.2) is 30.3 Å². The van der Waals surface area contributed by atoms with Gasteiger partial charge in [-0.15, -0.1) is 0 Å². The summed E-state index contributed by atoms with van der Waals surface area (Å²) >= 11 is 0. The van der Waals surface area contributed by atoms with Crippen LogP contribution in [0.4, 0.5) is 0 Å². The first-order valence-corrected chi connectivity index (χ1v) is 6.61. The Bertz CT molecular complexity index is 625. The molecular weight excluding hydrogens is 252 g/mol. The molecule has 0 saturated heterocycles. The topological polar surface area (TPSA) is 57.2 Å². The van der Waals surface area contributed by atoms with Crippen molar-refractivity contribution >= 4 is 5.91 Å². The Morgan fingerprint density at radius 1 is 1.25 bits per heavy atom. The van der Waals surface area contributed by atoms with Crippen molar-refractivity contribution in [2.75, 3.05) is 7.11 Å².